The van der Waals surface area contributed by atoms with Crippen LogP contribution in [0.25, 0.3) is 0 Å². The lowest BCUT2D eigenvalue weighted by Crippen LogP contribution is -2.55. The van der Waals surface area contributed by atoms with E-state index >= 15 is 0 Å². The maximum Gasteiger partial charge on any atom is 0.0810 e. The SMILES string of the molecule is CCC1CNCC2(CCC(C)CC2)O1. The summed E-state index contributed by atoms with van der Waals surface area (Å²) in [6.45, 7) is 6.71. The van der Waals surface area contributed by atoms with E-state index in [-0.39, 0.29) is 5.60 Å². The molecule has 2 nitrogen and oxygen atoms in total. The van der Waals surface area contributed by atoms with Gasteiger partial charge >= 0.3 is 0 Å². The lowest BCUT2D eigenvalue weighted by Gasteiger charge is -2.45. The molecule has 1 atom stereocenters. The molecule has 2 heteroatoms. The largest absolute Gasteiger partial charge is 0.369 e. The van der Waals surface area contributed by atoms with Gasteiger partial charge in [-0.2, -0.15) is 0 Å². The summed E-state index contributed by atoms with van der Waals surface area (Å²) in [5.74, 6) is 0.909. The first-order valence-corrected chi connectivity index (χ1v) is 6.13. The summed E-state index contributed by atoms with van der Waals surface area (Å²) in [6.07, 6.45) is 6.81. The monoisotopic (exact) mass is 197 g/mol. The molecule has 0 aromatic rings. The van der Waals surface area contributed by atoms with Gasteiger partial charge in [-0.1, -0.05) is 13.8 Å². The van der Waals surface area contributed by atoms with Crippen LogP contribution in [0.4, 0.5) is 0 Å². The highest BCUT2D eigenvalue weighted by Gasteiger charge is 2.39. The molecule has 0 radical (unpaired) electrons. The second-order valence-electron chi connectivity index (χ2n) is 5.14. The van der Waals surface area contributed by atoms with Crippen molar-refractivity contribution in [2.24, 2.45) is 5.92 Å². The molecule has 1 aliphatic heterocycles. The molecule has 1 aliphatic carbocycles. The van der Waals surface area contributed by atoms with Crippen LogP contribution in [0.5, 0.6) is 0 Å². The van der Waals surface area contributed by atoms with E-state index in [2.05, 4.69) is 19.2 Å². The minimum atomic E-state index is 0.200. The minimum absolute atomic E-state index is 0.200. The Hall–Kier alpha value is -0.0800. The number of morpholine rings is 1. The number of hydrogen-bond donors (Lipinski definition) is 1. The summed E-state index contributed by atoms with van der Waals surface area (Å²) >= 11 is 0. The first kappa shape index (κ1) is 10.4. The van der Waals surface area contributed by atoms with E-state index in [1.807, 2.05) is 0 Å². The smallest absolute Gasteiger partial charge is 0.0810 e. The number of hydrogen-bond acceptors (Lipinski definition) is 2. The third-order valence-electron chi connectivity index (χ3n) is 3.88. The summed E-state index contributed by atoms with van der Waals surface area (Å²) in [7, 11) is 0. The van der Waals surface area contributed by atoms with E-state index in [0.717, 1.165) is 25.4 Å². The molecule has 1 unspecified atom stereocenters. The Morgan fingerprint density at radius 3 is 2.71 bits per heavy atom. The highest BCUT2D eigenvalue weighted by atomic mass is 16.5. The summed E-state index contributed by atoms with van der Waals surface area (Å²) in [6, 6.07) is 0. The third kappa shape index (κ3) is 2.12. The van der Waals surface area contributed by atoms with E-state index in [1.54, 1.807) is 0 Å². The Morgan fingerprint density at radius 2 is 2.07 bits per heavy atom. The summed E-state index contributed by atoms with van der Waals surface area (Å²) in [4.78, 5) is 0. The molecule has 0 amide bonds. The van der Waals surface area contributed by atoms with Crippen molar-refractivity contribution >= 4 is 0 Å². The zero-order chi connectivity index (χ0) is 10.0. The molecule has 0 aromatic carbocycles. The average Bonchev–Trinajstić information content (AvgIpc) is 2.23. The summed E-state index contributed by atoms with van der Waals surface area (Å²) in [5, 5.41) is 3.54. The molecule has 2 fully saturated rings. The van der Waals surface area contributed by atoms with Crippen LogP contribution in [0, 0.1) is 5.92 Å². The van der Waals surface area contributed by atoms with Gasteiger partial charge in [-0.3, -0.25) is 0 Å². The molecular formula is C12H23NO. The normalized spacial score (nSPS) is 44.1. The molecule has 1 N–H and O–H groups in total. The van der Waals surface area contributed by atoms with Gasteiger partial charge in [-0.15, -0.1) is 0 Å². The Kier molecular flexibility index (Phi) is 3.13. The van der Waals surface area contributed by atoms with Crippen molar-refractivity contribution in [1.82, 2.24) is 5.32 Å². The molecule has 82 valence electrons. The fourth-order valence-corrected chi connectivity index (χ4v) is 2.71. The first-order valence-electron chi connectivity index (χ1n) is 6.13. The molecule has 1 saturated heterocycles. The molecule has 1 heterocycles. The average molecular weight is 197 g/mol. The van der Waals surface area contributed by atoms with E-state index in [9.17, 15) is 0 Å². The van der Waals surface area contributed by atoms with Gasteiger partial charge in [0.1, 0.15) is 0 Å². The van der Waals surface area contributed by atoms with Gasteiger partial charge in [-0.25, -0.2) is 0 Å². The van der Waals surface area contributed by atoms with E-state index in [0.29, 0.717) is 6.10 Å². The van der Waals surface area contributed by atoms with Gasteiger partial charge in [-0.05, 0) is 38.0 Å². The molecule has 1 saturated carbocycles. The topological polar surface area (TPSA) is 21.3 Å². The fraction of sp³-hybridized carbons (Fsp3) is 1.00. The quantitative estimate of drug-likeness (QED) is 0.696. The summed E-state index contributed by atoms with van der Waals surface area (Å²) in [5.41, 5.74) is 0.200. The van der Waals surface area contributed by atoms with Gasteiger partial charge in [0.2, 0.25) is 0 Å². The van der Waals surface area contributed by atoms with Gasteiger partial charge in [0.05, 0.1) is 11.7 Å². The van der Waals surface area contributed by atoms with Crippen molar-refractivity contribution in [3.8, 4) is 0 Å². The van der Waals surface area contributed by atoms with Crippen molar-refractivity contribution < 1.29 is 4.74 Å². The standard InChI is InChI=1S/C12H23NO/c1-3-11-8-13-9-12(14-11)6-4-10(2)5-7-12/h10-11,13H,3-9H2,1-2H3. The third-order valence-corrected chi connectivity index (χ3v) is 3.88. The minimum Gasteiger partial charge on any atom is -0.369 e. The lowest BCUT2D eigenvalue weighted by molar-refractivity contribution is -0.138. The highest BCUT2D eigenvalue weighted by Crippen LogP contribution is 2.36. The van der Waals surface area contributed by atoms with Crippen LogP contribution in [0.2, 0.25) is 0 Å². The molecule has 2 aliphatic rings. The van der Waals surface area contributed by atoms with Crippen LogP contribution in [-0.2, 0) is 4.74 Å². The van der Waals surface area contributed by atoms with Crippen LogP contribution in [0.1, 0.15) is 46.0 Å². The van der Waals surface area contributed by atoms with Crippen LogP contribution in [0.15, 0.2) is 0 Å². The number of nitrogens with one attached hydrogen (secondary N) is 1. The molecule has 0 bridgehead atoms. The number of ether oxygens (including phenoxy) is 1. The van der Waals surface area contributed by atoms with Gasteiger partial charge < -0.3 is 10.1 Å². The highest BCUT2D eigenvalue weighted by molar-refractivity contribution is 4.92. The molecule has 14 heavy (non-hydrogen) atoms. The van der Waals surface area contributed by atoms with E-state index in [4.69, 9.17) is 4.74 Å². The van der Waals surface area contributed by atoms with Crippen LogP contribution in [0.3, 0.4) is 0 Å². The second kappa shape index (κ2) is 4.19. The van der Waals surface area contributed by atoms with Crippen LogP contribution >= 0.6 is 0 Å². The Morgan fingerprint density at radius 1 is 1.36 bits per heavy atom. The molecule has 2 rings (SSSR count). The Labute approximate surface area is 87.4 Å². The molecular weight excluding hydrogens is 174 g/mol. The predicted octanol–water partition coefficient (Wildman–Crippen LogP) is 2.33. The maximum absolute atomic E-state index is 6.25. The van der Waals surface area contributed by atoms with Crippen LogP contribution < -0.4 is 5.32 Å². The van der Waals surface area contributed by atoms with Gasteiger partial charge in [0, 0.05) is 13.1 Å². The van der Waals surface area contributed by atoms with Gasteiger partial charge in [0.15, 0.2) is 0 Å². The maximum atomic E-state index is 6.25. The zero-order valence-corrected chi connectivity index (χ0v) is 9.51. The van der Waals surface area contributed by atoms with E-state index < -0.39 is 0 Å². The van der Waals surface area contributed by atoms with E-state index in [1.165, 1.54) is 25.7 Å². The van der Waals surface area contributed by atoms with Crippen molar-refractivity contribution in [1.29, 1.82) is 0 Å². The Balaban J connectivity index is 1.94. The van der Waals surface area contributed by atoms with Gasteiger partial charge in [0.25, 0.3) is 0 Å². The Bertz CT molecular complexity index is 185. The van der Waals surface area contributed by atoms with Crippen LogP contribution in [-0.4, -0.2) is 24.8 Å². The second-order valence-corrected chi connectivity index (χ2v) is 5.14. The van der Waals surface area contributed by atoms with Crippen molar-refractivity contribution in [2.75, 3.05) is 13.1 Å². The number of rotatable bonds is 1. The molecule has 1 spiro atoms. The lowest BCUT2D eigenvalue weighted by atomic mass is 9.78. The van der Waals surface area contributed by atoms with Crippen molar-refractivity contribution in [3.05, 3.63) is 0 Å². The molecule has 0 aromatic heterocycles. The van der Waals surface area contributed by atoms with Crippen molar-refractivity contribution in [2.45, 2.75) is 57.7 Å². The summed E-state index contributed by atoms with van der Waals surface area (Å²) < 4.78 is 6.25. The zero-order valence-electron chi connectivity index (χ0n) is 9.51. The predicted molar refractivity (Wildman–Crippen MR) is 58.4 cm³/mol. The van der Waals surface area contributed by atoms with Crippen molar-refractivity contribution in [3.63, 3.8) is 0 Å². The first-order chi connectivity index (χ1) is 6.74. The fourth-order valence-electron chi connectivity index (χ4n) is 2.71.